The number of hydrogen-bond donors (Lipinski definition) is 2. The van der Waals surface area contributed by atoms with Crippen LogP contribution in [0.4, 0.5) is 4.39 Å². The zero-order valence-electron chi connectivity index (χ0n) is 11.0. The smallest absolute Gasteiger partial charge is 0.305 e. The lowest BCUT2D eigenvalue weighted by Crippen LogP contribution is -2.30. The number of carbonyl (C=O) groups is 2. The summed E-state index contributed by atoms with van der Waals surface area (Å²) in [6, 6.07) is 11.9. The van der Waals surface area contributed by atoms with Crippen LogP contribution in [-0.4, -0.2) is 22.0 Å². The molecule has 1 unspecified atom stereocenters. The number of pyridine rings is 1. The van der Waals surface area contributed by atoms with E-state index in [2.05, 4.69) is 10.3 Å². The van der Waals surface area contributed by atoms with Gasteiger partial charge in [-0.3, -0.25) is 9.59 Å². The highest BCUT2D eigenvalue weighted by Crippen LogP contribution is 2.17. The molecule has 0 saturated heterocycles. The lowest BCUT2D eigenvalue weighted by atomic mass is 10.0. The molecule has 0 bridgehead atoms. The van der Waals surface area contributed by atoms with E-state index in [0.717, 1.165) is 6.07 Å². The lowest BCUT2D eigenvalue weighted by Gasteiger charge is -2.17. The van der Waals surface area contributed by atoms with Gasteiger partial charge in [0.05, 0.1) is 12.5 Å². The van der Waals surface area contributed by atoms with E-state index >= 15 is 0 Å². The molecule has 0 fully saturated rings. The van der Waals surface area contributed by atoms with E-state index in [1.807, 2.05) is 0 Å². The highest BCUT2D eigenvalue weighted by atomic mass is 19.1. The first kappa shape index (κ1) is 14.6. The van der Waals surface area contributed by atoms with Crippen LogP contribution in [0.2, 0.25) is 0 Å². The Labute approximate surface area is 120 Å². The Hall–Kier alpha value is -2.76. The Kier molecular flexibility index (Phi) is 4.61. The first-order valence-electron chi connectivity index (χ1n) is 6.26. The molecule has 0 aliphatic heterocycles. The van der Waals surface area contributed by atoms with Crippen LogP contribution in [0.5, 0.6) is 0 Å². The van der Waals surface area contributed by atoms with Crippen molar-refractivity contribution in [1.29, 1.82) is 0 Å². The fourth-order valence-electron chi connectivity index (χ4n) is 1.88. The number of aromatic nitrogens is 1. The van der Waals surface area contributed by atoms with Crippen LogP contribution in [-0.2, 0) is 4.79 Å². The van der Waals surface area contributed by atoms with Gasteiger partial charge in [-0.1, -0.05) is 36.4 Å². The number of rotatable bonds is 5. The zero-order chi connectivity index (χ0) is 15.2. The summed E-state index contributed by atoms with van der Waals surface area (Å²) in [6.07, 6.45) is -0.273. The number of carbonyl (C=O) groups excluding carboxylic acids is 1. The van der Waals surface area contributed by atoms with Crippen molar-refractivity contribution in [3.63, 3.8) is 0 Å². The zero-order valence-corrected chi connectivity index (χ0v) is 11.0. The second-order valence-corrected chi connectivity index (χ2v) is 4.38. The predicted octanol–water partition coefficient (Wildman–Crippen LogP) is 2.17. The van der Waals surface area contributed by atoms with Gasteiger partial charge in [-0.25, -0.2) is 4.98 Å². The van der Waals surface area contributed by atoms with Gasteiger partial charge in [0.25, 0.3) is 5.91 Å². The third-order valence-electron chi connectivity index (χ3n) is 2.83. The largest absolute Gasteiger partial charge is 0.481 e. The molecule has 2 aromatic rings. The number of halogens is 1. The summed E-state index contributed by atoms with van der Waals surface area (Å²) >= 11 is 0. The van der Waals surface area contributed by atoms with Gasteiger partial charge in [-0.15, -0.1) is 0 Å². The molecule has 0 spiro atoms. The number of carboxylic acid groups (broad SMARTS) is 1. The SMILES string of the molecule is O=C(O)CC(NC(=O)c1cccc(F)n1)c1ccccc1. The van der Waals surface area contributed by atoms with E-state index in [0.29, 0.717) is 5.56 Å². The van der Waals surface area contributed by atoms with Gasteiger partial charge in [0, 0.05) is 0 Å². The second kappa shape index (κ2) is 6.60. The second-order valence-electron chi connectivity index (χ2n) is 4.38. The molecule has 108 valence electrons. The van der Waals surface area contributed by atoms with Crippen molar-refractivity contribution in [3.8, 4) is 0 Å². The number of aliphatic carboxylic acids is 1. The molecule has 21 heavy (non-hydrogen) atoms. The Bertz CT molecular complexity index is 646. The molecule has 0 aliphatic rings. The molecule has 2 N–H and O–H groups in total. The van der Waals surface area contributed by atoms with Gasteiger partial charge in [0.15, 0.2) is 0 Å². The van der Waals surface area contributed by atoms with Gasteiger partial charge in [0.1, 0.15) is 5.69 Å². The number of amides is 1. The quantitative estimate of drug-likeness (QED) is 0.826. The molecule has 0 saturated carbocycles. The maximum atomic E-state index is 13.0. The molecule has 1 aromatic heterocycles. The number of benzene rings is 1. The van der Waals surface area contributed by atoms with Gasteiger partial charge in [-0.2, -0.15) is 4.39 Å². The van der Waals surface area contributed by atoms with Crippen LogP contribution in [0.1, 0.15) is 28.5 Å². The summed E-state index contributed by atoms with van der Waals surface area (Å²) in [4.78, 5) is 26.4. The topological polar surface area (TPSA) is 79.3 Å². The Balaban J connectivity index is 2.19. The minimum Gasteiger partial charge on any atom is -0.481 e. The maximum Gasteiger partial charge on any atom is 0.305 e. The Morgan fingerprint density at radius 3 is 2.48 bits per heavy atom. The minimum atomic E-state index is -1.05. The van der Waals surface area contributed by atoms with Crippen molar-refractivity contribution in [2.45, 2.75) is 12.5 Å². The maximum absolute atomic E-state index is 13.0. The van der Waals surface area contributed by atoms with Crippen molar-refractivity contribution in [3.05, 3.63) is 65.7 Å². The van der Waals surface area contributed by atoms with Crippen molar-refractivity contribution in [2.75, 3.05) is 0 Å². The summed E-state index contributed by atoms with van der Waals surface area (Å²) in [6.45, 7) is 0. The Morgan fingerprint density at radius 2 is 1.86 bits per heavy atom. The monoisotopic (exact) mass is 288 g/mol. The van der Waals surface area contributed by atoms with E-state index in [1.165, 1.54) is 12.1 Å². The van der Waals surface area contributed by atoms with Gasteiger partial charge >= 0.3 is 5.97 Å². The standard InChI is InChI=1S/C15H13FN2O3/c16-13-8-4-7-11(17-13)15(21)18-12(9-14(19)20)10-5-2-1-3-6-10/h1-8,12H,9H2,(H,18,21)(H,19,20). The van der Waals surface area contributed by atoms with Crippen molar-refractivity contribution < 1.29 is 19.1 Å². The lowest BCUT2D eigenvalue weighted by molar-refractivity contribution is -0.137. The highest BCUT2D eigenvalue weighted by molar-refractivity contribution is 5.92. The van der Waals surface area contributed by atoms with Crippen LogP contribution in [0.15, 0.2) is 48.5 Å². The van der Waals surface area contributed by atoms with E-state index in [1.54, 1.807) is 30.3 Å². The summed E-state index contributed by atoms with van der Waals surface area (Å²) in [5.74, 6) is -2.43. The van der Waals surface area contributed by atoms with E-state index < -0.39 is 23.9 Å². The molecule has 0 aliphatic carbocycles. The molecule has 5 nitrogen and oxygen atoms in total. The summed E-state index contributed by atoms with van der Waals surface area (Å²) in [5, 5.41) is 11.5. The molecule has 1 aromatic carbocycles. The minimum absolute atomic E-state index is 0.0960. The van der Waals surface area contributed by atoms with E-state index in [-0.39, 0.29) is 12.1 Å². The van der Waals surface area contributed by atoms with Crippen LogP contribution in [0.25, 0.3) is 0 Å². The van der Waals surface area contributed by atoms with E-state index in [9.17, 15) is 14.0 Å². The van der Waals surface area contributed by atoms with Crippen LogP contribution >= 0.6 is 0 Å². The number of nitrogens with zero attached hydrogens (tertiary/aromatic N) is 1. The molecule has 6 heteroatoms. The molecule has 1 amide bonds. The number of nitrogens with one attached hydrogen (secondary N) is 1. The molecule has 1 atom stereocenters. The summed E-state index contributed by atoms with van der Waals surface area (Å²) in [5.41, 5.74) is 0.561. The average Bonchev–Trinajstić information content (AvgIpc) is 2.47. The average molecular weight is 288 g/mol. The molecule has 2 rings (SSSR count). The molecule has 1 heterocycles. The summed E-state index contributed by atoms with van der Waals surface area (Å²) in [7, 11) is 0. The number of carboxylic acids is 1. The Morgan fingerprint density at radius 1 is 1.14 bits per heavy atom. The van der Waals surface area contributed by atoms with E-state index in [4.69, 9.17) is 5.11 Å². The van der Waals surface area contributed by atoms with Crippen LogP contribution in [0.3, 0.4) is 0 Å². The fraction of sp³-hybridized carbons (Fsp3) is 0.133. The summed E-state index contributed by atoms with van der Waals surface area (Å²) < 4.78 is 13.0. The van der Waals surface area contributed by atoms with Gasteiger partial charge in [0.2, 0.25) is 5.95 Å². The van der Waals surface area contributed by atoms with Crippen molar-refractivity contribution >= 4 is 11.9 Å². The van der Waals surface area contributed by atoms with Crippen LogP contribution in [0, 0.1) is 5.95 Å². The molecular weight excluding hydrogens is 275 g/mol. The first-order valence-corrected chi connectivity index (χ1v) is 6.26. The highest BCUT2D eigenvalue weighted by Gasteiger charge is 2.19. The molecular formula is C15H13FN2O3. The van der Waals surface area contributed by atoms with Gasteiger partial charge < -0.3 is 10.4 Å². The van der Waals surface area contributed by atoms with Gasteiger partial charge in [-0.05, 0) is 17.7 Å². The number of hydrogen-bond acceptors (Lipinski definition) is 3. The predicted molar refractivity (Wildman–Crippen MR) is 73.1 cm³/mol. The van der Waals surface area contributed by atoms with Crippen LogP contribution < -0.4 is 5.32 Å². The normalized spacial score (nSPS) is 11.7. The third-order valence-corrected chi connectivity index (χ3v) is 2.83. The third kappa shape index (κ3) is 4.10. The van der Waals surface area contributed by atoms with Crippen molar-refractivity contribution in [1.82, 2.24) is 10.3 Å². The fourth-order valence-corrected chi connectivity index (χ4v) is 1.88. The first-order chi connectivity index (χ1) is 10.1. The van der Waals surface area contributed by atoms with Crippen molar-refractivity contribution in [2.24, 2.45) is 0 Å². The molecule has 0 radical (unpaired) electrons.